The lowest BCUT2D eigenvalue weighted by Crippen LogP contribution is -1.88. The topological polar surface area (TPSA) is 25.8 Å². The zero-order valence-electron chi connectivity index (χ0n) is 5.46. The van der Waals surface area contributed by atoms with Gasteiger partial charge < -0.3 is 0 Å². The van der Waals surface area contributed by atoms with Crippen LogP contribution in [0, 0.1) is 13.8 Å². The molecule has 0 fully saturated rings. The van der Waals surface area contributed by atoms with E-state index in [0.717, 1.165) is 17.8 Å². The summed E-state index contributed by atoms with van der Waals surface area (Å²) in [6.45, 7) is 5.57. The van der Waals surface area contributed by atoms with E-state index in [1.54, 1.807) is 12.4 Å². The summed E-state index contributed by atoms with van der Waals surface area (Å²) >= 11 is 0. The maximum atomic E-state index is 4.00. The molecule has 0 aliphatic carbocycles. The summed E-state index contributed by atoms with van der Waals surface area (Å²) < 4.78 is 0. The molecule has 0 bridgehead atoms. The Morgan fingerprint density at radius 1 is 1.44 bits per heavy atom. The molecule has 1 heterocycles. The molecule has 0 atom stereocenters. The second kappa shape index (κ2) is 2.58. The van der Waals surface area contributed by atoms with Crippen molar-refractivity contribution in [3.05, 3.63) is 30.7 Å². The molecule has 0 aliphatic rings. The van der Waals surface area contributed by atoms with Crippen molar-refractivity contribution in [1.29, 1.82) is 0 Å². The Balaban J connectivity index is 2.88. The van der Waals surface area contributed by atoms with Gasteiger partial charge in [-0.3, -0.25) is 0 Å². The highest BCUT2D eigenvalue weighted by atomic mass is 14.8. The number of rotatable bonds is 1. The Labute approximate surface area is 55.0 Å². The van der Waals surface area contributed by atoms with Gasteiger partial charge in [0.15, 0.2) is 0 Å². The Bertz CT molecular complexity index is 179. The zero-order valence-corrected chi connectivity index (χ0v) is 5.46. The lowest BCUT2D eigenvalue weighted by molar-refractivity contribution is 1.01. The van der Waals surface area contributed by atoms with E-state index >= 15 is 0 Å². The second-order valence-electron chi connectivity index (χ2n) is 1.89. The van der Waals surface area contributed by atoms with Gasteiger partial charge in [0.2, 0.25) is 0 Å². The van der Waals surface area contributed by atoms with E-state index < -0.39 is 0 Å². The Morgan fingerprint density at radius 3 is 2.44 bits per heavy atom. The van der Waals surface area contributed by atoms with Gasteiger partial charge in [0, 0.05) is 12.4 Å². The van der Waals surface area contributed by atoms with Gasteiger partial charge >= 0.3 is 0 Å². The minimum Gasteiger partial charge on any atom is -0.241 e. The quantitative estimate of drug-likeness (QED) is 0.557. The molecule has 0 aromatic carbocycles. The van der Waals surface area contributed by atoms with Crippen molar-refractivity contribution in [3.8, 4) is 0 Å². The van der Waals surface area contributed by atoms with Gasteiger partial charge in [0.25, 0.3) is 0 Å². The maximum Gasteiger partial charge on any atom is 0.125 e. The molecule has 0 aliphatic heterocycles. The van der Waals surface area contributed by atoms with Gasteiger partial charge in [-0.1, -0.05) is 0 Å². The summed E-state index contributed by atoms with van der Waals surface area (Å²) in [6, 6.07) is 0. The van der Waals surface area contributed by atoms with E-state index in [1.165, 1.54) is 0 Å². The molecular weight excluding hydrogens is 112 g/mol. The first-order valence-corrected chi connectivity index (χ1v) is 2.89. The maximum absolute atomic E-state index is 4.00. The lowest BCUT2D eigenvalue weighted by Gasteiger charge is -1.92. The van der Waals surface area contributed by atoms with E-state index in [-0.39, 0.29) is 0 Å². The molecule has 0 unspecified atom stereocenters. The van der Waals surface area contributed by atoms with E-state index in [0.29, 0.717) is 0 Å². The fraction of sp³-hybridized carbons (Fsp3) is 0.286. The van der Waals surface area contributed by atoms with Crippen molar-refractivity contribution >= 4 is 0 Å². The van der Waals surface area contributed by atoms with Crippen LogP contribution in [-0.4, -0.2) is 9.97 Å². The lowest BCUT2D eigenvalue weighted by atomic mass is 10.3. The average Bonchev–Trinajstić information content (AvgIpc) is 1.90. The molecule has 0 spiro atoms. The predicted octanol–water partition coefficient (Wildman–Crippen LogP) is 1.16. The molecule has 0 saturated heterocycles. The first-order valence-electron chi connectivity index (χ1n) is 2.89. The molecule has 2 heteroatoms. The SMILES string of the molecule is [CH2]Cc1cnc(C)nc1. The number of nitrogens with zero attached hydrogens (tertiary/aromatic N) is 2. The third-order valence-electron chi connectivity index (χ3n) is 1.12. The Hall–Kier alpha value is -0.920. The molecule has 0 saturated carbocycles. The Kier molecular flexibility index (Phi) is 1.78. The van der Waals surface area contributed by atoms with E-state index in [4.69, 9.17) is 0 Å². The molecule has 1 aromatic heterocycles. The van der Waals surface area contributed by atoms with Crippen molar-refractivity contribution in [2.75, 3.05) is 0 Å². The summed E-state index contributed by atoms with van der Waals surface area (Å²) in [5.74, 6) is 0.812. The molecule has 47 valence electrons. The third-order valence-corrected chi connectivity index (χ3v) is 1.12. The van der Waals surface area contributed by atoms with Crippen LogP contribution in [0.25, 0.3) is 0 Å². The van der Waals surface area contributed by atoms with Crippen LogP contribution in [0.5, 0.6) is 0 Å². The van der Waals surface area contributed by atoms with Gasteiger partial charge in [0.05, 0.1) is 0 Å². The third kappa shape index (κ3) is 1.49. The van der Waals surface area contributed by atoms with Crippen molar-refractivity contribution in [2.24, 2.45) is 0 Å². The molecule has 1 rings (SSSR count). The molecule has 1 aromatic rings. The van der Waals surface area contributed by atoms with Crippen molar-refractivity contribution < 1.29 is 0 Å². The minimum absolute atomic E-state index is 0.764. The van der Waals surface area contributed by atoms with Crippen molar-refractivity contribution in [1.82, 2.24) is 9.97 Å². The first-order chi connectivity index (χ1) is 4.33. The summed E-state index contributed by atoms with van der Waals surface area (Å²) in [5, 5.41) is 0. The van der Waals surface area contributed by atoms with Gasteiger partial charge in [-0.25, -0.2) is 9.97 Å². The average molecular weight is 121 g/mol. The fourth-order valence-electron chi connectivity index (χ4n) is 0.548. The normalized spacial score (nSPS) is 9.56. The number of hydrogen-bond acceptors (Lipinski definition) is 2. The standard InChI is InChI=1S/C7H9N2/c1-3-7-4-8-6(2)9-5-7/h4-5H,1,3H2,2H3. The van der Waals surface area contributed by atoms with Crippen molar-refractivity contribution in [2.45, 2.75) is 13.3 Å². The molecule has 0 amide bonds. The minimum atomic E-state index is 0.764. The van der Waals surface area contributed by atoms with Crippen LogP contribution >= 0.6 is 0 Å². The molecule has 9 heavy (non-hydrogen) atoms. The number of aromatic nitrogens is 2. The predicted molar refractivity (Wildman–Crippen MR) is 35.8 cm³/mol. The molecule has 2 nitrogen and oxygen atoms in total. The number of aryl methyl sites for hydroxylation is 1. The summed E-state index contributed by atoms with van der Waals surface area (Å²) in [6.07, 6.45) is 4.37. The van der Waals surface area contributed by atoms with Crippen LogP contribution < -0.4 is 0 Å². The van der Waals surface area contributed by atoms with Crippen LogP contribution in [0.15, 0.2) is 12.4 Å². The van der Waals surface area contributed by atoms with Crippen molar-refractivity contribution in [3.63, 3.8) is 0 Å². The van der Waals surface area contributed by atoms with Gasteiger partial charge in [-0.05, 0) is 25.8 Å². The Morgan fingerprint density at radius 2 is 2.00 bits per heavy atom. The van der Waals surface area contributed by atoms with Crippen LogP contribution in [0.1, 0.15) is 11.4 Å². The number of hydrogen-bond donors (Lipinski definition) is 0. The van der Waals surface area contributed by atoms with Crippen LogP contribution in [0.3, 0.4) is 0 Å². The van der Waals surface area contributed by atoms with Crippen LogP contribution in [-0.2, 0) is 6.42 Å². The summed E-state index contributed by atoms with van der Waals surface area (Å²) in [7, 11) is 0. The van der Waals surface area contributed by atoms with E-state index in [1.807, 2.05) is 6.92 Å². The zero-order chi connectivity index (χ0) is 6.69. The van der Waals surface area contributed by atoms with Gasteiger partial charge in [0.1, 0.15) is 5.82 Å². The van der Waals surface area contributed by atoms with Gasteiger partial charge in [-0.2, -0.15) is 0 Å². The largest absolute Gasteiger partial charge is 0.241 e. The molecule has 0 N–H and O–H groups in total. The fourth-order valence-corrected chi connectivity index (χ4v) is 0.548. The van der Waals surface area contributed by atoms with Crippen LogP contribution in [0.2, 0.25) is 0 Å². The molecular formula is C7H9N2. The van der Waals surface area contributed by atoms with Gasteiger partial charge in [-0.15, -0.1) is 0 Å². The van der Waals surface area contributed by atoms with E-state index in [9.17, 15) is 0 Å². The summed E-state index contributed by atoms with van der Waals surface area (Å²) in [4.78, 5) is 8.00. The highest BCUT2D eigenvalue weighted by Gasteiger charge is 1.87. The highest BCUT2D eigenvalue weighted by Crippen LogP contribution is 1.94. The van der Waals surface area contributed by atoms with E-state index in [2.05, 4.69) is 16.9 Å². The highest BCUT2D eigenvalue weighted by molar-refractivity contribution is 5.05. The smallest absolute Gasteiger partial charge is 0.125 e. The van der Waals surface area contributed by atoms with Crippen LogP contribution in [0.4, 0.5) is 0 Å². The second-order valence-corrected chi connectivity index (χ2v) is 1.89. The molecule has 1 radical (unpaired) electrons. The first kappa shape index (κ1) is 6.20. The summed E-state index contributed by atoms with van der Waals surface area (Å²) in [5.41, 5.74) is 1.08. The monoisotopic (exact) mass is 121 g/mol.